The summed E-state index contributed by atoms with van der Waals surface area (Å²) in [7, 11) is 3.88. The van der Waals surface area contributed by atoms with E-state index in [1.54, 1.807) is 7.11 Å². The van der Waals surface area contributed by atoms with Crippen LogP contribution in [0.5, 0.6) is 11.5 Å². The average molecular weight is 299 g/mol. The Kier molecular flexibility index (Phi) is 2.39. The summed E-state index contributed by atoms with van der Waals surface area (Å²) in [6.45, 7) is 1.05. The van der Waals surface area contributed by atoms with E-state index in [0.29, 0.717) is 6.04 Å². The van der Waals surface area contributed by atoms with Crippen molar-refractivity contribution in [1.82, 2.24) is 4.90 Å². The van der Waals surface area contributed by atoms with Gasteiger partial charge in [0.05, 0.1) is 13.2 Å². The number of rotatable bonds is 1. The Morgan fingerprint density at radius 2 is 2.23 bits per heavy atom. The number of nitrogens with zero attached hydrogens (tertiary/aromatic N) is 1. The molecule has 4 aliphatic rings. The second kappa shape index (κ2) is 4.06. The molecule has 1 N–H and O–H groups in total. The maximum absolute atomic E-state index is 10.7. The maximum Gasteiger partial charge on any atom is 0.166 e. The Morgan fingerprint density at radius 3 is 3.05 bits per heavy atom. The van der Waals surface area contributed by atoms with E-state index in [9.17, 15) is 5.11 Å². The van der Waals surface area contributed by atoms with Crippen molar-refractivity contribution in [3.63, 3.8) is 0 Å². The molecule has 0 amide bonds. The van der Waals surface area contributed by atoms with E-state index in [-0.39, 0.29) is 17.4 Å². The summed E-state index contributed by atoms with van der Waals surface area (Å²) < 4.78 is 11.9. The number of ether oxygens (including phenoxy) is 2. The first kappa shape index (κ1) is 13.0. The van der Waals surface area contributed by atoms with Crippen LogP contribution in [-0.2, 0) is 11.8 Å². The summed E-state index contributed by atoms with van der Waals surface area (Å²) in [5, 5.41) is 10.7. The van der Waals surface area contributed by atoms with E-state index in [0.717, 1.165) is 30.9 Å². The summed E-state index contributed by atoms with van der Waals surface area (Å²) in [6, 6.07) is 4.60. The van der Waals surface area contributed by atoms with Gasteiger partial charge in [-0.3, -0.25) is 0 Å². The molecule has 1 spiro atoms. The number of likely N-dealkylation sites (tertiary alicyclic amines) is 1. The molecule has 1 saturated heterocycles. The fourth-order valence-corrected chi connectivity index (χ4v) is 5.46. The first-order valence-corrected chi connectivity index (χ1v) is 8.10. The Hall–Kier alpha value is -1.52. The van der Waals surface area contributed by atoms with Crippen molar-refractivity contribution < 1.29 is 14.6 Å². The quantitative estimate of drug-likeness (QED) is 0.798. The van der Waals surface area contributed by atoms with Crippen LogP contribution in [0, 0.1) is 5.92 Å². The maximum atomic E-state index is 10.7. The molecule has 0 unspecified atom stereocenters. The summed E-state index contributed by atoms with van der Waals surface area (Å²) in [5.74, 6) is 1.94. The van der Waals surface area contributed by atoms with Crippen molar-refractivity contribution in [2.24, 2.45) is 5.92 Å². The second-order valence-electron chi connectivity index (χ2n) is 7.11. The fourth-order valence-electron chi connectivity index (χ4n) is 5.46. The van der Waals surface area contributed by atoms with Gasteiger partial charge < -0.3 is 19.5 Å². The van der Waals surface area contributed by atoms with E-state index >= 15 is 0 Å². The van der Waals surface area contributed by atoms with Crippen LogP contribution in [0.15, 0.2) is 24.3 Å². The van der Waals surface area contributed by atoms with Crippen LogP contribution in [0.4, 0.5) is 0 Å². The van der Waals surface area contributed by atoms with Crippen molar-refractivity contribution in [3.8, 4) is 11.5 Å². The first-order chi connectivity index (χ1) is 10.7. The molecule has 116 valence electrons. The van der Waals surface area contributed by atoms with Gasteiger partial charge >= 0.3 is 0 Å². The number of hydrogen-bond acceptors (Lipinski definition) is 4. The number of benzene rings is 1. The van der Waals surface area contributed by atoms with Crippen LogP contribution in [-0.4, -0.2) is 49.0 Å². The number of aliphatic hydroxyl groups is 1. The number of hydrogen-bond donors (Lipinski definition) is 1. The van der Waals surface area contributed by atoms with Crippen LogP contribution in [0.25, 0.3) is 0 Å². The second-order valence-corrected chi connectivity index (χ2v) is 7.11. The normalized spacial score (nSPS) is 41.0. The molecular formula is C18H21NO3. The molecule has 1 fully saturated rings. The highest BCUT2D eigenvalue weighted by molar-refractivity contribution is 5.62. The third kappa shape index (κ3) is 1.28. The van der Waals surface area contributed by atoms with Gasteiger partial charge in [-0.2, -0.15) is 0 Å². The zero-order valence-electron chi connectivity index (χ0n) is 13.0. The molecule has 5 atom stereocenters. The van der Waals surface area contributed by atoms with E-state index in [2.05, 4.69) is 24.1 Å². The van der Waals surface area contributed by atoms with Gasteiger partial charge in [-0.15, -0.1) is 0 Å². The minimum absolute atomic E-state index is 0.0300. The lowest BCUT2D eigenvalue weighted by molar-refractivity contribution is -0.0575. The van der Waals surface area contributed by atoms with Gasteiger partial charge in [-0.25, -0.2) is 0 Å². The Balaban J connectivity index is 1.83. The largest absolute Gasteiger partial charge is 0.493 e. The van der Waals surface area contributed by atoms with E-state index < -0.39 is 6.10 Å². The Bertz CT molecular complexity index is 685. The molecular weight excluding hydrogens is 278 g/mol. The van der Waals surface area contributed by atoms with Crippen molar-refractivity contribution in [3.05, 3.63) is 35.4 Å². The highest BCUT2D eigenvalue weighted by atomic mass is 16.5. The zero-order chi connectivity index (χ0) is 15.1. The van der Waals surface area contributed by atoms with Crippen molar-refractivity contribution in [1.29, 1.82) is 0 Å². The minimum Gasteiger partial charge on any atom is -0.493 e. The van der Waals surface area contributed by atoms with Gasteiger partial charge in [0.1, 0.15) is 6.10 Å². The molecule has 2 aliphatic heterocycles. The van der Waals surface area contributed by atoms with E-state index in [1.807, 2.05) is 12.1 Å². The zero-order valence-corrected chi connectivity index (χ0v) is 13.0. The van der Waals surface area contributed by atoms with Crippen molar-refractivity contribution in [2.45, 2.75) is 36.5 Å². The predicted octanol–water partition coefficient (Wildman–Crippen LogP) is 1.50. The summed E-state index contributed by atoms with van der Waals surface area (Å²) in [6.07, 6.45) is 5.65. The minimum atomic E-state index is -0.391. The summed E-state index contributed by atoms with van der Waals surface area (Å²) in [5.41, 5.74) is 2.60. The third-order valence-electron chi connectivity index (χ3n) is 6.38. The molecule has 2 bridgehead atoms. The lowest BCUT2D eigenvalue weighted by Crippen LogP contribution is -2.65. The Labute approximate surface area is 130 Å². The number of piperidine rings is 1. The van der Waals surface area contributed by atoms with Crippen molar-refractivity contribution in [2.75, 3.05) is 20.7 Å². The van der Waals surface area contributed by atoms with Crippen LogP contribution < -0.4 is 9.47 Å². The van der Waals surface area contributed by atoms with Gasteiger partial charge in [-0.05, 0) is 44.1 Å². The Morgan fingerprint density at radius 1 is 1.36 bits per heavy atom. The van der Waals surface area contributed by atoms with Crippen LogP contribution >= 0.6 is 0 Å². The molecule has 2 heterocycles. The van der Waals surface area contributed by atoms with Gasteiger partial charge in [0.15, 0.2) is 11.5 Å². The van der Waals surface area contributed by atoms with Crippen LogP contribution in [0.3, 0.4) is 0 Å². The van der Waals surface area contributed by atoms with Crippen LogP contribution in [0.1, 0.15) is 17.5 Å². The smallest absolute Gasteiger partial charge is 0.166 e. The summed E-state index contributed by atoms with van der Waals surface area (Å²) in [4.78, 5) is 2.42. The molecule has 2 aliphatic carbocycles. The molecule has 1 aromatic carbocycles. The van der Waals surface area contributed by atoms with Gasteiger partial charge in [0.2, 0.25) is 0 Å². The molecule has 4 nitrogen and oxygen atoms in total. The standard InChI is InChI=1S/C18H21NO3/c1-19-8-7-18-14-6-4-12(20)16(18)11(19)9-10-3-5-13(21-2)17(22-14)15(10)18/h3-6,11-12,14,16,20H,7-9H2,1-2H3/t11-,12+,14+,16-,18-/m1/s1. The van der Waals surface area contributed by atoms with E-state index in [1.165, 1.54) is 11.1 Å². The number of aliphatic hydroxyl groups excluding tert-OH is 1. The number of likely N-dealkylation sites (N-methyl/N-ethyl adjacent to an activating group) is 1. The SMILES string of the molecule is COc1ccc2c3c1O[C@H]1C=C[C@H](O)[C@H]4[C@@H](C2)N(C)CC[C@@]341. The van der Waals surface area contributed by atoms with Gasteiger partial charge in [0, 0.05) is 22.9 Å². The van der Waals surface area contributed by atoms with Gasteiger partial charge in [0.25, 0.3) is 0 Å². The lowest BCUT2D eigenvalue weighted by atomic mass is 9.52. The molecule has 0 saturated carbocycles. The first-order valence-electron chi connectivity index (χ1n) is 8.10. The molecule has 5 rings (SSSR count). The average Bonchev–Trinajstić information content (AvgIpc) is 2.86. The van der Waals surface area contributed by atoms with Gasteiger partial charge in [-0.1, -0.05) is 12.1 Å². The number of methoxy groups -OCH3 is 1. The monoisotopic (exact) mass is 299 g/mol. The molecule has 1 aromatic rings. The molecule has 22 heavy (non-hydrogen) atoms. The lowest BCUT2D eigenvalue weighted by Gasteiger charge is -2.57. The van der Waals surface area contributed by atoms with Crippen LogP contribution in [0.2, 0.25) is 0 Å². The summed E-state index contributed by atoms with van der Waals surface area (Å²) >= 11 is 0. The van der Waals surface area contributed by atoms with Crippen molar-refractivity contribution >= 4 is 0 Å². The van der Waals surface area contributed by atoms with E-state index in [4.69, 9.17) is 9.47 Å². The predicted molar refractivity (Wildman–Crippen MR) is 82.5 cm³/mol. The highest BCUT2D eigenvalue weighted by Crippen LogP contribution is 2.62. The molecule has 4 heteroatoms. The third-order valence-corrected chi connectivity index (χ3v) is 6.38. The topological polar surface area (TPSA) is 41.9 Å². The molecule has 0 radical (unpaired) electrons. The molecule has 0 aromatic heterocycles. The fraction of sp³-hybridized carbons (Fsp3) is 0.556. The highest BCUT2D eigenvalue weighted by Gasteiger charge is 2.64.